The number of nitrogens with zero attached hydrogens (tertiary/aromatic N) is 2. The summed E-state index contributed by atoms with van der Waals surface area (Å²) in [6, 6.07) is 15.6. The minimum Gasteiger partial charge on any atom is -0.467 e. The molecule has 0 aliphatic heterocycles. The molecule has 1 amide bonds. The molecule has 4 rings (SSSR count). The van der Waals surface area contributed by atoms with Crippen LogP contribution in [-0.4, -0.2) is 15.0 Å². The van der Waals surface area contributed by atoms with Crippen LogP contribution in [0.3, 0.4) is 0 Å². The van der Waals surface area contributed by atoms with Crippen LogP contribution in [0.15, 0.2) is 80.9 Å². The largest absolute Gasteiger partial charge is 0.467 e. The van der Waals surface area contributed by atoms with Crippen LogP contribution in [0.1, 0.15) is 11.3 Å². The molecule has 7 nitrogen and oxygen atoms in total. The second kappa shape index (κ2) is 8.20. The summed E-state index contributed by atoms with van der Waals surface area (Å²) in [7, 11) is 0. The average molecular weight is 407 g/mol. The summed E-state index contributed by atoms with van der Waals surface area (Å²) < 4.78 is 20.7. The summed E-state index contributed by atoms with van der Waals surface area (Å²) in [5.41, 5.74) is -0.112. The minimum atomic E-state index is -0.615. The molecular weight excluding hydrogens is 389 g/mol. The number of halogens is 1. The van der Waals surface area contributed by atoms with Crippen molar-refractivity contribution in [2.24, 2.45) is 0 Å². The van der Waals surface area contributed by atoms with Gasteiger partial charge in [0, 0.05) is 0 Å². The van der Waals surface area contributed by atoms with Crippen LogP contribution < -0.4 is 16.6 Å². The molecule has 30 heavy (non-hydrogen) atoms. The van der Waals surface area contributed by atoms with Gasteiger partial charge in [0.1, 0.15) is 18.1 Å². The second-order valence-corrected chi connectivity index (χ2v) is 6.76. The molecule has 2 aromatic carbocycles. The number of hydrogen-bond acceptors (Lipinski definition) is 4. The van der Waals surface area contributed by atoms with E-state index in [0.717, 1.165) is 4.57 Å². The van der Waals surface area contributed by atoms with Crippen molar-refractivity contribution in [1.82, 2.24) is 14.5 Å². The summed E-state index contributed by atoms with van der Waals surface area (Å²) in [5.74, 6) is -0.220. The van der Waals surface area contributed by atoms with Crippen molar-refractivity contribution in [1.29, 1.82) is 0 Å². The van der Waals surface area contributed by atoms with Gasteiger partial charge in [-0.3, -0.25) is 18.7 Å². The lowest BCUT2D eigenvalue weighted by Crippen LogP contribution is -2.42. The fourth-order valence-electron chi connectivity index (χ4n) is 3.23. The zero-order valence-electron chi connectivity index (χ0n) is 15.9. The normalized spacial score (nSPS) is 11.0. The Balaban J connectivity index is 1.70. The van der Waals surface area contributed by atoms with Gasteiger partial charge in [-0.1, -0.05) is 24.3 Å². The van der Waals surface area contributed by atoms with E-state index in [1.165, 1.54) is 35.1 Å². The van der Waals surface area contributed by atoms with Crippen molar-refractivity contribution in [3.63, 3.8) is 0 Å². The third-order valence-corrected chi connectivity index (χ3v) is 4.73. The zero-order chi connectivity index (χ0) is 21.1. The van der Waals surface area contributed by atoms with Crippen LogP contribution in [0.4, 0.5) is 4.39 Å². The minimum absolute atomic E-state index is 0.0310. The van der Waals surface area contributed by atoms with Crippen molar-refractivity contribution in [2.45, 2.75) is 19.6 Å². The summed E-state index contributed by atoms with van der Waals surface area (Å²) in [5, 5.41) is 3.01. The number of nitrogens with one attached hydrogen (secondary N) is 1. The van der Waals surface area contributed by atoms with Gasteiger partial charge in [-0.05, 0) is 42.0 Å². The van der Waals surface area contributed by atoms with E-state index in [1.807, 2.05) is 0 Å². The molecule has 0 bridgehead atoms. The van der Waals surface area contributed by atoms with Crippen molar-refractivity contribution in [2.75, 3.05) is 0 Å². The van der Waals surface area contributed by atoms with E-state index in [0.29, 0.717) is 22.2 Å². The van der Waals surface area contributed by atoms with Gasteiger partial charge in [0.2, 0.25) is 5.91 Å². The number of carbonyl (C=O) groups excluding carboxylic acids is 1. The molecular formula is C22H18FN3O4. The van der Waals surface area contributed by atoms with Gasteiger partial charge in [-0.25, -0.2) is 9.18 Å². The Bertz CT molecular complexity index is 1310. The van der Waals surface area contributed by atoms with Gasteiger partial charge >= 0.3 is 5.69 Å². The van der Waals surface area contributed by atoms with Gasteiger partial charge < -0.3 is 9.73 Å². The first-order chi connectivity index (χ1) is 14.5. The third kappa shape index (κ3) is 3.93. The number of hydrogen-bond donors (Lipinski definition) is 1. The monoisotopic (exact) mass is 407 g/mol. The Morgan fingerprint density at radius 3 is 2.47 bits per heavy atom. The molecule has 0 unspecified atom stereocenters. The van der Waals surface area contributed by atoms with Crippen LogP contribution in [0.5, 0.6) is 0 Å². The Morgan fingerprint density at radius 1 is 0.967 bits per heavy atom. The number of fused-ring (bicyclic) bond motifs is 1. The maximum absolute atomic E-state index is 13.2. The van der Waals surface area contributed by atoms with Crippen LogP contribution >= 0.6 is 0 Å². The molecule has 0 spiro atoms. The average Bonchev–Trinajstić information content (AvgIpc) is 3.28. The van der Waals surface area contributed by atoms with E-state index >= 15 is 0 Å². The topological polar surface area (TPSA) is 86.2 Å². The molecule has 0 atom stereocenters. The van der Waals surface area contributed by atoms with Gasteiger partial charge in [0.25, 0.3) is 5.56 Å². The van der Waals surface area contributed by atoms with Crippen LogP contribution in [0.25, 0.3) is 10.9 Å². The summed E-state index contributed by atoms with van der Waals surface area (Å²) in [4.78, 5) is 38.5. The maximum atomic E-state index is 13.2. The van der Waals surface area contributed by atoms with Crippen LogP contribution in [-0.2, 0) is 24.4 Å². The van der Waals surface area contributed by atoms with Crippen molar-refractivity contribution in [3.8, 4) is 0 Å². The molecule has 0 radical (unpaired) electrons. The SMILES string of the molecule is O=C(Cn1c(=O)n(Cc2ccc(F)cc2)c(=O)c2ccccc21)NCc1ccco1. The number of rotatable bonds is 6. The molecule has 0 aliphatic rings. The highest BCUT2D eigenvalue weighted by Gasteiger charge is 2.15. The molecule has 0 saturated heterocycles. The van der Waals surface area contributed by atoms with Gasteiger partial charge in [-0.2, -0.15) is 0 Å². The number of furan rings is 1. The van der Waals surface area contributed by atoms with E-state index in [2.05, 4.69) is 5.32 Å². The van der Waals surface area contributed by atoms with Gasteiger partial charge in [0.15, 0.2) is 0 Å². The van der Waals surface area contributed by atoms with E-state index in [1.54, 1.807) is 36.4 Å². The Hall–Kier alpha value is -3.94. The van der Waals surface area contributed by atoms with Crippen LogP contribution in [0, 0.1) is 5.82 Å². The second-order valence-electron chi connectivity index (χ2n) is 6.76. The molecule has 0 aliphatic carbocycles. The smallest absolute Gasteiger partial charge is 0.332 e. The van der Waals surface area contributed by atoms with E-state index in [-0.39, 0.29) is 19.6 Å². The number of aromatic nitrogens is 2. The lowest BCUT2D eigenvalue weighted by atomic mass is 10.2. The molecule has 8 heteroatoms. The van der Waals surface area contributed by atoms with Crippen molar-refractivity contribution >= 4 is 16.8 Å². The fourth-order valence-corrected chi connectivity index (χ4v) is 3.23. The highest BCUT2D eigenvalue weighted by Crippen LogP contribution is 2.09. The Kier molecular flexibility index (Phi) is 5.30. The first-order valence-corrected chi connectivity index (χ1v) is 9.29. The quantitative estimate of drug-likeness (QED) is 0.531. The number of amides is 1. The molecule has 2 heterocycles. The first kappa shape index (κ1) is 19.4. The van der Waals surface area contributed by atoms with Gasteiger partial charge in [-0.15, -0.1) is 0 Å². The number of para-hydroxylation sites is 1. The fraction of sp³-hybridized carbons (Fsp3) is 0.136. The molecule has 4 aromatic rings. The maximum Gasteiger partial charge on any atom is 0.332 e. The molecule has 2 aromatic heterocycles. The highest BCUT2D eigenvalue weighted by molar-refractivity contribution is 5.81. The lowest BCUT2D eigenvalue weighted by molar-refractivity contribution is -0.121. The number of benzene rings is 2. The first-order valence-electron chi connectivity index (χ1n) is 9.29. The predicted molar refractivity (Wildman–Crippen MR) is 109 cm³/mol. The summed E-state index contributed by atoms with van der Waals surface area (Å²) in [6.45, 7) is -0.103. The molecule has 152 valence electrons. The number of carbonyl (C=O) groups is 1. The van der Waals surface area contributed by atoms with Crippen molar-refractivity contribution in [3.05, 3.63) is 105 Å². The molecule has 1 N–H and O–H groups in total. The van der Waals surface area contributed by atoms with E-state index in [4.69, 9.17) is 4.42 Å². The zero-order valence-corrected chi connectivity index (χ0v) is 15.9. The lowest BCUT2D eigenvalue weighted by Gasteiger charge is -2.14. The molecule has 0 fully saturated rings. The predicted octanol–water partition coefficient (Wildman–Crippen LogP) is 2.26. The van der Waals surface area contributed by atoms with Gasteiger partial charge in [0.05, 0.1) is 30.3 Å². The Labute approximate surface area is 170 Å². The molecule has 0 saturated carbocycles. The standard InChI is InChI=1S/C22H18FN3O4/c23-16-9-7-15(8-10-16)13-26-21(28)18-5-1-2-6-19(18)25(22(26)29)14-20(27)24-12-17-4-3-11-30-17/h1-11H,12-14H2,(H,24,27). The van der Waals surface area contributed by atoms with E-state index < -0.39 is 23.0 Å². The highest BCUT2D eigenvalue weighted by atomic mass is 19.1. The summed E-state index contributed by atoms with van der Waals surface area (Å²) >= 11 is 0. The summed E-state index contributed by atoms with van der Waals surface area (Å²) in [6.07, 6.45) is 1.50. The third-order valence-electron chi connectivity index (χ3n) is 4.73. The van der Waals surface area contributed by atoms with Crippen LogP contribution in [0.2, 0.25) is 0 Å². The van der Waals surface area contributed by atoms with Crippen molar-refractivity contribution < 1.29 is 13.6 Å². The van der Waals surface area contributed by atoms with E-state index in [9.17, 15) is 18.8 Å². The Morgan fingerprint density at radius 2 is 1.73 bits per heavy atom.